The zero-order valence-corrected chi connectivity index (χ0v) is 13.0. The van der Waals surface area contributed by atoms with Crippen molar-refractivity contribution in [3.63, 3.8) is 0 Å². The third-order valence-electron chi connectivity index (χ3n) is 2.87. The zero-order valence-electron chi connectivity index (χ0n) is 13.0. The molecule has 124 valence electrons. The van der Waals surface area contributed by atoms with Gasteiger partial charge in [-0.25, -0.2) is 0 Å². The van der Waals surface area contributed by atoms with Gasteiger partial charge >= 0.3 is 0 Å². The predicted molar refractivity (Wildman–Crippen MR) is 86.9 cm³/mol. The van der Waals surface area contributed by atoms with Crippen LogP contribution in [0.1, 0.15) is 0 Å². The van der Waals surface area contributed by atoms with Gasteiger partial charge in [0.25, 0.3) is 0 Å². The molecule has 0 aliphatic carbocycles. The van der Waals surface area contributed by atoms with Gasteiger partial charge in [0.1, 0.15) is 11.5 Å². The van der Waals surface area contributed by atoms with Crippen LogP contribution >= 0.6 is 0 Å². The molecule has 0 aliphatic heterocycles. The topological polar surface area (TPSA) is 139 Å². The van der Waals surface area contributed by atoms with Crippen molar-refractivity contribution in [2.45, 2.75) is 0 Å². The quantitative estimate of drug-likeness (QED) is 0.735. The molecule has 0 aliphatic rings. The van der Waals surface area contributed by atoms with Gasteiger partial charge < -0.3 is 10.2 Å². The summed E-state index contributed by atoms with van der Waals surface area (Å²) in [6, 6.07) is 7.90. The van der Waals surface area contributed by atoms with E-state index in [4.69, 9.17) is 0 Å². The van der Waals surface area contributed by atoms with Crippen LogP contribution in [0.3, 0.4) is 0 Å². The van der Waals surface area contributed by atoms with Crippen LogP contribution in [0.2, 0.25) is 0 Å². The second-order valence-electron chi connectivity index (χ2n) is 4.38. The number of rotatable bonds is 7. The van der Waals surface area contributed by atoms with E-state index in [2.05, 4.69) is 40.9 Å². The van der Waals surface area contributed by atoms with Gasteiger partial charge in [-0.2, -0.15) is 40.9 Å². The highest BCUT2D eigenvalue weighted by molar-refractivity contribution is 6.00. The van der Waals surface area contributed by atoms with Crippen LogP contribution in [0.5, 0.6) is 11.5 Å². The van der Waals surface area contributed by atoms with Gasteiger partial charge in [-0.1, -0.05) is 12.1 Å². The average molecular weight is 328 g/mol. The zero-order chi connectivity index (χ0) is 17.2. The Hall–Kier alpha value is -3.30. The summed E-state index contributed by atoms with van der Waals surface area (Å²) in [5.41, 5.74) is 0.431. The molecule has 0 radical (unpaired) electrons. The molecule has 0 unspecified atom stereocenters. The highest BCUT2D eigenvalue weighted by Gasteiger charge is 2.08. The van der Waals surface area contributed by atoms with Crippen LogP contribution < -0.4 is 0 Å². The third kappa shape index (κ3) is 4.60. The standard InChI is InChI=1S/C14H16N8O2/c1-15-16-7-17-18-8-19-20-9-21-22-11-5-6-12(23)10-3-2-4-13(24)14(10)11/h2-6,23-24H,7-9H2,1H3. The molecule has 0 atom stereocenters. The van der Waals surface area contributed by atoms with E-state index in [1.807, 2.05) is 0 Å². The molecule has 0 saturated carbocycles. The Balaban J connectivity index is 1.97. The third-order valence-corrected chi connectivity index (χ3v) is 2.87. The first-order chi connectivity index (χ1) is 11.7. The summed E-state index contributed by atoms with van der Waals surface area (Å²) < 4.78 is 0. The maximum atomic E-state index is 9.95. The van der Waals surface area contributed by atoms with Crippen molar-refractivity contribution in [1.29, 1.82) is 0 Å². The van der Waals surface area contributed by atoms with Crippen molar-refractivity contribution in [3.05, 3.63) is 30.3 Å². The van der Waals surface area contributed by atoms with Gasteiger partial charge in [0, 0.05) is 12.4 Å². The molecule has 10 nitrogen and oxygen atoms in total. The number of phenols is 2. The predicted octanol–water partition coefficient (Wildman–Crippen LogP) is 4.19. The van der Waals surface area contributed by atoms with Gasteiger partial charge in [-0.15, -0.1) is 0 Å². The molecule has 24 heavy (non-hydrogen) atoms. The van der Waals surface area contributed by atoms with Crippen molar-refractivity contribution < 1.29 is 10.2 Å². The molecule has 0 aromatic heterocycles. The molecule has 2 aromatic carbocycles. The fraction of sp³-hybridized carbons (Fsp3) is 0.286. The molecular formula is C14H16N8O2. The number of aromatic hydroxyl groups is 2. The van der Waals surface area contributed by atoms with Gasteiger partial charge in [-0.05, 0) is 18.2 Å². The number of hydrogen-bond acceptors (Lipinski definition) is 10. The molecule has 0 heterocycles. The minimum absolute atomic E-state index is 0.0140. The summed E-state index contributed by atoms with van der Waals surface area (Å²) >= 11 is 0. The molecule has 0 saturated heterocycles. The fourth-order valence-corrected chi connectivity index (χ4v) is 1.87. The van der Waals surface area contributed by atoms with Crippen LogP contribution in [0, 0.1) is 0 Å². The molecule has 10 heteroatoms. The van der Waals surface area contributed by atoms with Gasteiger partial charge in [0.15, 0.2) is 20.0 Å². The van der Waals surface area contributed by atoms with Crippen LogP contribution in [0.15, 0.2) is 71.2 Å². The van der Waals surface area contributed by atoms with E-state index in [0.717, 1.165) is 0 Å². The van der Waals surface area contributed by atoms with E-state index in [1.54, 1.807) is 25.2 Å². The Labute approximate surface area is 137 Å². The summed E-state index contributed by atoms with van der Waals surface area (Å²) in [6.07, 6.45) is 0. The summed E-state index contributed by atoms with van der Waals surface area (Å²) in [5.74, 6) is 0.0797. The Kier molecular flexibility index (Phi) is 6.38. The minimum atomic E-state index is 0.0140. The van der Waals surface area contributed by atoms with Crippen molar-refractivity contribution in [2.75, 3.05) is 27.1 Å². The van der Waals surface area contributed by atoms with Crippen LogP contribution in [-0.2, 0) is 0 Å². The molecule has 0 spiro atoms. The average Bonchev–Trinajstić information content (AvgIpc) is 2.59. The first-order valence-corrected chi connectivity index (χ1v) is 6.97. The number of phenolic OH excluding ortho intramolecular Hbond substituents is 2. The van der Waals surface area contributed by atoms with Crippen molar-refractivity contribution in [2.24, 2.45) is 40.9 Å². The summed E-state index contributed by atoms with van der Waals surface area (Å²) in [5, 5.41) is 50.6. The van der Waals surface area contributed by atoms with E-state index >= 15 is 0 Å². The number of fused-ring (bicyclic) bond motifs is 1. The molecule has 2 rings (SSSR count). The summed E-state index contributed by atoms with van der Waals surface area (Å²) in [6.45, 7) is 0.265. The first kappa shape index (κ1) is 17.1. The smallest absolute Gasteiger partial charge is 0.171 e. The SMILES string of the molecule is CN=NCN=NCN=NCN=Nc1ccc(O)c2cccc(O)c12. The number of benzene rings is 2. The van der Waals surface area contributed by atoms with Gasteiger partial charge in [-0.3, -0.25) is 0 Å². The highest BCUT2D eigenvalue weighted by Crippen LogP contribution is 2.38. The number of nitrogens with zero attached hydrogens (tertiary/aromatic N) is 8. The highest BCUT2D eigenvalue weighted by atomic mass is 16.3. The van der Waals surface area contributed by atoms with Gasteiger partial charge in [0.2, 0.25) is 0 Å². The maximum absolute atomic E-state index is 9.95. The molecule has 0 bridgehead atoms. The Morgan fingerprint density at radius 2 is 1.42 bits per heavy atom. The van der Waals surface area contributed by atoms with E-state index in [1.165, 1.54) is 12.1 Å². The fourth-order valence-electron chi connectivity index (χ4n) is 1.87. The molecule has 0 fully saturated rings. The monoisotopic (exact) mass is 328 g/mol. The molecule has 0 amide bonds. The van der Waals surface area contributed by atoms with Gasteiger partial charge in [0.05, 0.1) is 11.1 Å². The van der Waals surface area contributed by atoms with E-state index < -0.39 is 0 Å². The second-order valence-corrected chi connectivity index (χ2v) is 4.38. The summed E-state index contributed by atoms with van der Waals surface area (Å²) in [4.78, 5) is 0. The van der Waals surface area contributed by atoms with E-state index in [9.17, 15) is 10.2 Å². The lowest BCUT2D eigenvalue weighted by molar-refractivity contribution is 0.475. The normalized spacial score (nSPS) is 12.5. The minimum Gasteiger partial charge on any atom is -0.507 e. The van der Waals surface area contributed by atoms with Crippen LogP contribution in [0.4, 0.5) is 5.69 Å². The maximum Gasteiger partial charge on any atom is 0.171 e. The van der Waals surface area contributed by atoms with E-state index in [-0.39, 0.29) is 31.5 Å². The summed E-state index contributed by atoms with van der Waals surface area (Å²) in [7, 11) is 1.55. The lowest BCUT2D eigenvalue weighted by Crippen LogP contribution is -1.78. The van der Waals surface area contributed by atoms with E-state index in [0.29, 0.717) is 16.5 Å². The van der Waals surface area contributed by atoms with Crippen molar-refractivity contribution in [3.8, 4) is 11.5 Å². The van der Waals surface area contributed by atoms with Crippen LogP contribution in [-0.4, -0.2) is 37.3 Å². The number of azo groups is 4. The largest absolute Gasteiger partial charge is 0.507 e. The van der Waals surface area contributed by atoms with Crippen molar-refractivity contribution in [1.82, 2.24) is 0 Å². The Morgan fingerprint density at radius 3 is 2.12 bits per heavy atom. The molecular weight excluding hydrogens is 312 g/mol. The lowest BCUT2D eigenvalue weighted by atomic mass is 10.1. The van der Waals surface area contributed by atoms with Crippen LogP contribution in [0.25, 0.3) is 10.8 Å². The number of hydrogen-bond donors (Lipinski definition) is 2. The van der Waals surface area contributed by atoms with Crippen molar-refractivity contribution >= 4 is 16.5 Å². The molecule has 2 aromatic rings. The molecule has 2 N–H and O–H groups in total. The second kappa shape index (κ2) is 8.98. The Bertz CT molecular complexity index is 801. The lowest BCUT2D eigenvalue weighted by Gasteiger charge is -2.05. The Morgan fingerprint density at radius 1 is 0.750 bits per heavy atom. The first-order valence-electron chi connectivity index (χ1n) is 6.97.